The molecule has 210 valence electrons. The Kier molecular flexibility index (Phi) is 9.45. The van der Waals surface area contributed by atoms with Crippen molar-refractivity contribution in [2.75, 3.05) is 7.05 Å². The molecule has 2 amide bonds. The van der Waals surface area contributed by atoms with Crippen LogP contribution in [0.2, 0.25) is 0 Å². The van der Waals surface area contributed by atoms with E-state index >= 15 is 0 Å². The van der Waals surface area contributed by atoms with Crippen molar-refractivity contribution in [3.05, 3.63) is 77.2 Å². The molecule has 0 saturated heterocycles. The van der Waals surface area contributed by atoms with Crippen molar-refractivity contribution in [3.63, 3.8) is 0 Å². The van der Waals surface area contributed by atoms with Crippen LogP contribution in [0.1, 0.15) is 63.2 Å². The molecule has 0 aliphatic heterocycles. The number of phenols is 1. The summed E-state index contributed by atoms with van der Waals surface area (Å²) >= 11 is 0. The number of hydrogen-bond donors (Lipinski definition) is 3. The number of carbonyl (C=O) groups is 2. The standard InChI is InChI=1S/C29H38FN5O4/c1-17(2)25(35(6)28(38)22(31)14-18-7-10-20(30)11-8-18)26(37)34-23(27-32-16-33-39-27)15-19-9-12-24(36)21(13-19)29(3,4)5/h7-13,16-17,22-23,25,36H,14-15,31H2,1-6H3,(H,34,37)/t22-,23-,25-/m0/s1. The molecule has 0 unspecified atom stereocenters. The Morgan fingerprint density at radius 3 is 2.31 bits per heavy atom. The number of halogens is 1. The van der Waals surface area contributed by atoms with E-state index in [1.165, 1.54) is 23.4 Å². The van der Waals surface area contributed by atoms with E-state index in [1.807, 2.05) is 40.7 Å². The summed E-state index contributed by atoms with van der Waals surface area (Å²) in [6, 6.07) is 8.70. The maximum atomic E-state index is 13.6. The molecule has 39 heavy (non-hydrogen) atoms. The molecule has 0 aliphatic rings. The van der Waals surface area contributed by atoms with Gasteiger partial charge in [0, 0.05) is 13.5 Å². The van der Waals surface area contributed by atoms with Gasteiger partial charge in [0.15, 0.2) is 6.33 Å². The van der Waals surface area contributed by atoms with Gasteiger partial charge in [0.2, 0.25) is 17.7 Å². The SMILES string of the molecule is CC(C)[C@@H](C(=O)N[C@@H](Cc1ccc(O)c(C(C)(C)C)c1)c1ncno1)N(C)C(=O)[C@@H](N)Cc1ccc(F)cc1. The minimum Gasteiger partial charge on any atom is -0.508 e. The van der Waals surface area contributed by atoms with Gasteiger partial charge in [0.05, 0.1) is 6.04 Å². The van der Waals surface area contributed by atoms with Gasteiger partial charge in [-0.05, 0) is 52.6 Å². The van der Waals surface area contributed by atoms with Crippen molar-refractivity contribution in [2.45, 2.75) is 71.0 Å². The van der Waals surface area contributed by atoms with Gasteiger partial charge in [0.25, 0.3) is 0 Å². The predicted molar refractivity (Wildman–Crippen MR) is 145 cm³/mol. The van der Waals surface area contributed by atoms with E-state index in [4.69, 9.17) is 10.3 Å². The molecule has 3 rings (SSSR count). The topological polar surface area (TPSA) is 135 Å². The van der Waals surface area contributed by atoms with Crippen molar-refractivity contribution in [2.24, 2.45) is 11.7 Å². The lowest BCUT2D eigenvalue weighted by Gasteiger charge is -2.33. The zero-order valence-electron chi connectivity index (χ0n) is 23.3. The molecule has 1 aromatic heterocycles. The highest BCUT2D eigenvalue weighted by molar-refractivity contribution is 5.90. The Morgan fingerprint density at radius 1 is 1.10 bits per heavy atom. The first-order valence-corrected chi connectivity index (χ1v) is 12.9. The summed E-state index contributed by atoms with van der Waals surface area (Å²) < 4.78 is 18.5. The highest BCUT2D eigenvalue weighted by Gasteiger charge is 2.34. The number of amides is 2. The fraction of sp³-hybridized carbons (Fsp3) is 0.448. The van der Waals surface area contributed by atoms with Gasteiger partial charge in [-0.1, -0.05) is 64.0 Å². The lowest BCUT2D eigenvalue weighted by molar-refractivity contribution is -0.141. The number of benzene rings is 2. The molecule has 0 saturated carbocycles. The second-order valence-corrected chi connectivity index (χ2v) is 11.2. The highest BCUT2D eigenvalue weighted by atomic mass is 19.1. The van der Waals surface area contributed by atoms with Crippen LogP contribution in [0.25, 0.3) is 0 Å². The summed E-state index contributed by atoms with van der Waals surface area (Å²) in [7, 11) is 1.55. The number of phenolic OH excluding ortho intramolecular Hbond substituents is 1. The first-order valence-electron chi connectivity index (χ1n) is 12.9. The number of rotatable bonds is 10. The number of aromatic hydroxyl groups is 1. The molecular formula is C29H38FN5O4. The number of nitrogens with zero attached hydrogens (tertiary/aromatic N) is 3. The maximum absolute atomic E-state index is 13.6. The fourth-order valence-electron chi connectivity index (χ4n) is 4.63. The molecule has 3 atom stereocenters. The van der Waals surface area contributed by atoms with Gasteiger partial charge in [-0.3, -0.25) is 9.59 Å². The van der Waals surface area contributed by atoms with Crippen LogP contribution in [0, 0.1) is 11.7 Å². The van der Waals surface area contributed by atoms with Gasteiger partial charge in [-0.15, -0.1) is 0 Å². The second kappa shape index (κ2) is 12.4. The van der Waals surface area contributed by atoms with E-state index < -0.39 is 29.9 Å². The molecule has 4 N–H and O–H groups in total. The summed E-state index contributed by atoms with van der Waals surface area (Å²) in [5.74, 6) is -0.991. The molecule has 10 heteroatoms. The van der Waals surface area contributed by atoms with Crippen molar-refractivity contribution < 1.29 is 23.6 Å². The van der Waals surface area contributed by atoms with Crippen LogP contribution < -0.4 is 11.1 Å². The van der Waals surface area contributed by atoms with Crippen LogP contribution in [-0.2, 0) is 27.8 Å². The van der Waals surface area contributed by atoms with Gasteiger partial charge in [-0.25, -0.2) is 4.39 Å². The molecule has 9 nitrogen and oxygen atoms in total. The number of nitrogens with two attached hydrogens (primary N) is 1. The van der Waals surface area contributed by atoms with Crippen molar-refractivity contribution in [1.29, 1.82) is 0 Å². The molecule has 1 heterocycles. The van der Waals surface area contributed by atoms with E-state index in [1.54, 1.807) is 31.3 Å². The number of aromatic nitrogens is 2. The average molecular weight is 540 g/mol. The Hall–Kier alpha value is -3.79. The first kappa shape index (κ1) is 29.8. The van der Waals surface area contributed by atoms with Crippen LogP contribution in [0.4, 0.5) is 4.39 Å². The van der Waals surface area contributed by atoms with Gasteiger partial charge in [-0.2, -0.15) is 4.98 Å². The summed E-state index contributed by atoms with van der Waals surface area (Å²) in [5.41, 5.74) is 8.26. The zero-order valence-corrected chi connectivity index (χ0v) is 23.3. The molecule has 0 fully saturated rings. The normalized spacial score (nSPS) is 14.1. The summed E-state index contributed by atoms with van der Waals surface area (Å²) in [6.45, 7) is 9.70. The smallest absolute Gasteiger partial charge is 0.249 e. The average Bonchev–Trinajstić information content (AvgIpc) is 3.40. The lowest BCUT2D eigenvalue weighted by Crippen LogP contribution is -2.55. The lowest BCUT2D eigenvalue weighted by atomic mass is 9.84. The van der Waals surface area contributed by atoms with Crippen LogP contribution in [-0.4, -0.2) is 51.1 Å². The molecule has 0 bridgehead atoms. The van der Waals surface area contributed by atoms with Gasteiger partial charge in [0.1, 0.15) is 23.7 Å². The third-order valence-corrected chi connectivity index (χ3v) is 6.65. The Morgan fingerprint density at radius 2 is 1.74 bits per heavy atom. The highest BCUT2D eigenvalue weighted by Crippen LogP contribution is 2.32. The largest absolute Gasteiger partial charge is 0.508 e. The van der Waals surface area contributed by atoms with Crippen molar-refractivity contribution >= 4 is 11.8 Å². The second-order valence-electron chi connectivity index (χ2n) is 11.2. The minimum absolute atomic E-state index is 0.196. The summed E-state index contributed by atoms with van der Waals surface area (Å²) in [6.07, 6.45) is 1.79. The van der Waals surface area contributed by atoms with Gasteiger partial charge < -0.3 is 25.6 Å². The molecule has 3 aromatic rings. The third kappa shape index (κ3) is 7.63. The van der Waals surface area contributed by atoms with E-state index in [9.17, 15) is 19.1 Å². The Labute approximate surface area is 228 Å². The number of likely N-dealkylation sites (N-methyl/N-ethyl adjacent to an activating group) is 1. The van der Waals surface area contributed by atoms with Crippen LogP contribution in [0.5, 0.6) is 5.75 Å². The minimum atomic E-state index is -0.908. The van der Waals surface area contributed by atoms with E-state index in [2.05, 4.69) is 15.5 Å². The zero-order chi connectivity index (χ0) is 28.9. The molecule has 0 aliphatic carbocycles. The van der Waals surface area contributed by atoms with E-state index in [0.29, 0.717) is 6.42 Å². The number of hydrogen-bond acceptors (Lipinski definition) is 7. The first-order chi connectivity index (χ1) is 18.3. The summed E-state index contributed by atoms with van der Waals surface area (Å²) in [4.78, 5) is 32.3. The third-order valence-electron chi connectivity index (χ3n) is 6.65. The summed E-state index contributed by atoms with van der Waals surface area (Å²) in [5, 5.41) is 17.0. The predicted octanol–water partition coefficient (Wildman–Crippen LogP) is 3.66. The Balaban J connectivity index is 1.80. The van der Waals surface area contributed by atoms with Crippen LogP contribution in [0.15, 0.2) is 53.3 Å². The Bertz CT molecular complexity index is 1260. The van der Waals surface area contributed by atoms with Crippen molar-refractivity contribution in [3.8, 4) is 5.75 Å². The number of carbonyl (C=O) groups excluding carboxylic acids is 2. The maximum Gasteiger partial charge on any atom is 0.249 e. The molecule has 0 radical (unpaired) electrons. The van der Waals surface area contributed by atoms with E-state index in [-0.39, 0.29) is 35.2 Å². The quantitative estimate of drug-likeness (QED) is 0.358. The van der Waals surface area contributed by atoms with E-state index in [0.717, 1.165) is 16.7 Å². The monoisotopic (exact) mass is 539 g/mol. The number of nitrogens with one attached hydrogen (secondary N) is 1. The van der Waals surface area contributed by atoms with Gasteiger partial charge >= 0.3 is 0 Å². The molecular weight excluding hydrogens is 501 g/mol. The molecule has 2 aromatic carbocycles. The van der Waals surface area contributed by atoms with Crippen LogP contribution in [0.3, 0.4) is 0 Å². The van der Waals surface area contributed by atoms with Crippen molar-refractivity contribution in [1.82, 2.24) is 20.4 Å². The fourth-order valence-corrected chi connectivity index (χ4v) is 4.63. The molecule has 0 spiro atoms. The van der Waals surface area contributed by atoms with Crippen LogP contribution >= 0.6 is 0 Å².